The molecule has 0 aliphatic carbocycles. The third kappa shape index (κ3) is 3.85. The molecule has 0 bridgehead atoms. The first-order valence-corrected chi connectivity index (χ1v) is 8.30. The summed E-state index contributed by atoms with van der Waals surface area (Å²) in [5, 5.41) is 19.2. The molecular weight excluding hydrogens is 343 g/mol. The second-order valence-electron chi connectivity index (χ2n) is 5.46. The zero-order valence-electron chi connectivity index (χ0n) is 12.6. The minimum Gasteiger partial charge on any atom is -0.387 e. The number of alkyl halides is 3. The maximum atomic E-state index is 12.6. The van der Waals surface area contributed by atoms with Crippen molar-refractivity contribution in [2.45, 2.75) is 24.7 Å². The van der Waals surface area contributed by atoms with Crippen LogP contribution in [0.2, 0.25) is 0 Å². The summed E-state index contributed by atoms with van der Waals surface area (Å²) < 4.78 is 43.3. The number of ether oxygens (including phenoxy) is 1. The molecule has 2 aromatic rings. The van der Waals surface area contributed by atoms with Gasteiger partial charge in [-0.05, 0) is 23.6 Å². The highest BCUT2D eigenvalue weighted by molar-refractivity contribution is 7.10. The summed E-state index contributed by atoms with van der Waals surface area (Å²) in [5.41, 5.74) is -1.02. The number of aliphatic hydroxyl groups excluding tert-OH is 1. The third-order valence-corrected chi connectivity index (χ3v) is 4.80. The minimum atomic E-state index is -4.51. The summed E-state index contributed by atoms with van der Waals surface area (Å²) in [4.78, 5) is 2.69. The van der Waals surface area contributed by atoms with Gasteiger partial charge in [-0.2, -0.15) is 13.2 Å². The van der Waals surface area contributed by atoms with Gasteiger partial charge in [-0.3, -0.25) is 0 Å². The third-order valence-electron chi connectivity index (χ3n) is 3.83. The summed E-state index contributed by atoms with van der Waals surface area (Å²) in [6.07, 6.45) is -4.75. The number of thiophene rings is 1. The van der Waals surface area contributed by atoms with Crippen LogP contribution in [0, 0.1) is 0 Å². The van der Waals surface area contributed by atoms with Crippen molar-refractivity contribution in [1.82, 2.24) is 10.2 Å². The van der Waals surface area contributed by atoms with Crippen molar-refractivity contribution in [2.24, 2.45) is 0 Å². The van der Waals surface area contributed by atoms with E-state index in [1.165, 1.54) is 17.4 Å². The van der Waals surface area contributed by atoms with E-state index in [1.54, 1.807) is 0 Å². The van der Waals surface area contributed by atoms with Gasteiger partial charge in [0, 0.05) is 17.8 Å². The van der Waals surface area contributed by atoms with E-state index in [1.807, 2.05) is 22.4 Å². The highest BCUT2D eigenvalue weighted by Gasteiger charge is 2.34. The van der Waals surface area contributed by atoms with Crippen LogP contribution in [-0.2, 0) is 10.9 Å². The van der Waals surface area contributed by atoms with Crippen LogP contribution >= 0.6 is 11.3 Å². The van der Waals surface area contributed by atoms with Crippen molar-refractivity contribution in [3.05, 3.63) is 40.2 Å². The molecule has 1 fully saturated rings. The lowest BCUT2D eigenvalue weighted by atomic mass is 10.1. The number of aromatic nitrogens is 2. The molecule has 1 saturated heterocycles. The topological polar surface area (TPSA) is 58.5 Å². The van der Waals surface area contributed by atoms with E-state index in [0.717, 1.165) is 10.9 Å². The van der Waals surface area contributed by atoms with Crippen molar-refractivity contribution in [3.63, 3.8) is 0 Å². The van der Waals surface area contributed by atoms with E-state index in [-0.39, 0.29) is 6.04 Å². The van der Waals surface area contributed by atoms with Crippen molar-refractivity contribution in [3.8, 4) is 0 Å². The predicted octanol–water partition coefficient (Wildman–Crippen LogP) is 2.89. The molecule has 1 N–H and O–H groups in total. The number of anilines is 1. The SMILES string of the molecule is OC(CC1COCCN1c1ccc(C(F)(F)F)nn1)c1cccs1. The van der Waals surface area contributed by atoms with Crippen LogP contribution in [0.1, 0.15) is 23.1 Å². The van der Waals surface area contributed by atoms with Crippen molar-refractivity contribution in [2.75, 3.05) is 24.7 Å². The summed E-state index contributed by atoms with van der Waals surface area (Å²) in [7, 11) is 0. The Hall–Kier alpha value is -1.71. The lowest BCUT2D eigenvalue weighted by Gasteiger charge is -2.37. The molecule has 0 amide bonds. The Morgan fingerprint density at radius 1 is 1.33 bits per heavy atom. The minimum absolute atomic E-state index is 0.179. The number of hydrogen-bond donors (Lipinski definition) is 1. The Morgan fingerprint density at radius 2 is 2.17 bits per heavy atom. The van der Waals surface area contributed by atoms with Crippen LogP contribution in [0.3, 0.4) is 0 Å². The largest absolute Gasteiger partial charge is 0.435 e. The Kier molecular flexibility index (Phi) is 5.02. The van der Waals surface area contributed by atoms with Gasteiger partial charge in [-0.25, -0.2) is 0 Å². The van der Waals surface area contributed by atoms with E-state index < -0.39 is 18.0 Å². The Morgan fingerprint density at radius 3 is 2.79 bits per heavy atom. The van der Waals surface area contributed by atoms with Gasteiger partial charge < -0.3 is 14.7 Å². The standard InChI is InChI=1S/C15H16F3N3O2S/c16-15(17,18)13-3-4-14(20-19-13)21-5-6-23-9-10(21)8-11(22)12-2-1-7-24-12/h1-4,7,10-11,22H,5-6,8-9H2. The Bertz CT molecular complexity index is 649. The van der Waals surface area contributed by atoms with Gasteiger partial charge in [0.2, 0.25) is 0 Å². The summed E-state index contributed by atoms with van der Waals surface area (Å²) in [6, 6.07) is 5.76. The van der Waals surface area contributed by atoms with Gasteiger partial charge in [-0.1, -0.05) is 6.07 Å². The fourth-order valence-corrected chi connectivity index (χ4v) is 3.36. The molecule has 3 rings (SSSR count). The molecule has 2 aromatic heterocycles. The van der Waals surface area contributed by atoms with Gasteiger partial charge in [0.25, 0.3) is 0 Å². The van der Waals surface area contributed by atoms with Crippen LogP contribution < -0.4 is 4.90 Å². The number of aliphatic hydroxyl groups is 1. The molecule has 0 aromatic carbocycles. The summed E-state index contributed by atoms with van der Waals surface area (Å²) in [5.74, 6) is 0.356. The zero-order chi connectivity index (χ0) is 17.2. The van der Waals surface area contributed by atoms with E-state index >= 15 is 0 Å². The lowest BCUT2D eigenvalue weighted by Crippen LogP contribution is -2.46. The maximum Gasteiger partial charge on any atom is 0.435 e. The summed E-state index contributed by atoms with van der Waals surface area (Å²) >= 11 is 1.46. The molecule has 1 aliphatic heterocycles. The van der Waals surface area contributed by atoms with E-state index in [2.05, 4.69) is 10.2 Å². The van der Waals surface area contributed by atoms with Gasteiger partial charge in [0.05, 0.1) is 25.4 Å². The van der Waals surface area contributed by atoms with Crippen LogP contribution in [0.15, 0.2) is 29.6 Å². The highest BCUT2D eigenvalue weighted by atomic mass is 32.1. The number of rotatable bonds is 4. The van der Waals surface area contributed by atoms with E-state index in [4.69, 9.17) is 4.74 Å². The molecule has 0 spiro atoms. The average molecular weight is 359 g/mol. The first-order chi connectivity index (χ1) is 11.4. The molecular formula is C15H16F3N3O2S. The molecule has 9 heteroatoms. The van der Waals surface area contributed by atoms with Crippen LogP contribution in [0.5, 0.6) is 0 Å². The molecule has 2 unspecified atom stereocenters. The molecule has 1 aliphatic rings. The van der Waals surface area contributed by atoms with Crippen molar-refractivity contribution < 1.29 is 23.0 Å². The fraction of sp³-hybridized carbons (Fsp3) is 0.467. The maximum absolute atomic E-state index is 12.6. The average Bonchev–Trinajstić information content (AvgIpc) is 3.09. The molecule has 130 valence electrons. The molecule has 24 heavy (non-hydrogen) atoms. The predicted molar refractivity (Wildman–Crippen MR) is 82.9 cm³/mol. The number of morpholine rings is 1. The van der Waals surface area contributed by atoms with Crippen LogP contribution in [0.4, 0.5) is 19.0 Å². The molecule has 0 saturated carbocycles. The highest BCUT2D eigenvalue weighted by Crippen LogP contribution is 2.30. The van der Waals surface area contributed by atoms with Crippen LogP contribution in [-0.4, -0.2) is 41.1 Å². The smallest absolute Gasteiger partial charge is 0.387 e. The fourth-order valence-electron chi connectivity index (χ4n) is 2.64. The second kappa shape index (κ2) is 7.04. The lowest BCUT2D eigenvalue weighted by molar-refractivity contribution is -0.141. The van der Waals surface area contributed by atoms with E-state index in [9.17, 15) is 18.3 Å². The van der Waals surface area contributed by atoms with Crippen molar-refractivity contribution in [1.29, 1.82) is 0 Å². The zero-order valence-corrected chi connectivity index (χ0v) is 13.4. The number of halogens is 3. The van der Waals surface area contributed by atoms with Crippen LogP contribution in [0.25, 0.3) is 0 Å². The van der Waals surface area contributed by atoms with Gasteiger partial charge in [0.1, 0.15) is 0 Å². The van der Waals surface area contributed by atoms with Crippen molar-refractivity contribution >= 4 is 17.2 Å². The first-order valence-electron chi connectivity index (χ1n) is 7.42. The van der Waals surface area contributed by atoms with Gasteiger partial charge in [0.15, 0.2) is 11.5 Å². The van der Waals surface area contributed by atoms with Gasteiger partial charge in [-0.15, -0.1) is 21.5 Å². The van der Waals surface area contributed by atoms with Gasteiger partial charge >= 0.3 is 6.18 Å². The second-order valence-corrected chi connectivity index (χ2v) is 6.44. The molecule has 0 radical (unpaired) electrons. The quantitative estimate of drug-likeness (QED) is 0.910. The Labute approximate surface area is 140 Å². The molecule has 5 nitrogen and oxygen atoms in total. The molecule has 3 heterocycles. The first kappa shape index (κ1) is 17.1. The summed E-state index contributed by atoms with van der Waals surface area (Å²) in [6.45, 7) is 1.32. The monoisotopic (exact) mass is 359 g/mol. The van der Waals surface area contributed by atoms with E-state index in [0.29, 0.717) is 32.0 Å². The molecule has 2 atom stereocenters. The number of nitrogens with zero attached hydrogens (tertiary/aromatic N) is 3. The Balaban J connectivity index is 1.74. The normalized spacial score (nSPS) is 20.2. The number of hydrogen-bond acceptors (Lipinski definition) is 6.